The Balaban J connectivity index is 1.60. The number of rotatable bonds is 8. The molecule has 7 nitrogen and oxygen atoms in total. The predicted octanol–water partition coefficient (Wildman–Crippen LogP) is 6.12. The number of halogens is 4. The largest absolute Gasteiger partial charge is 0.481 e. The van der Waals surface area contributed by atoms with Crippen LogP contribution in [0.25, 0.3) is 0 Å². The van der Waals surface area contributed by atoms with Gasteiger partial charge < -0.3 is 10.4 Å². The standard InChI is InChI=1S/C26H29ClF3N5O2/c1-14-9-22(34-33-14)32-21-10-18(16(3)28)24(30)20(31-21)12-26(25(36)37)7-8-35(15(2)11-26)13-17-5-4-6-19(27)23(17)29/h4-6,9-10,15-16H,7-8,11-13H2,1-3H3,(H,36,37)(H2,31,32,33,34)/t15-,16+,26-/m1/s1. The molecule has 0 radical (unpaired) electrons. The van der Waals surface area contributed by atoms with E-state index in [4.69, 9.17) is 11.6 Å². The van der Waals surface area contributed by atoms with Crippen LogP contribution in [0.4, 0.5) is 24.8 Å². The Kier molecular flexibility index (Phi) is 7.80. The molecule has 3 atom stereocenters. The van der Waals surface area contributed by atoms with Gasteiger partial charge in [-0.2, -0.15) is 5.10 Å². The van der Waals surface area contributed by atoms with Gasteiger partial charge in [0.25, 0.3) is 0 Å². The van der Waals surface area contributed by atoms with E-state index >= 15 is 4.39 Å². The number of aryl methyl sites for hydroxylation is 1. The van der Waals surface area contributed by atoms with Gasteiger partial charge in [0, 0.05) is 41.9 Å². The molecule has 37 heavy (non-hydrogen) atoms. The molecule has 198 valence electrons. The lowest BCUT2D eigenvalue weighted by Gasteiger charge is -2.43. The van der Waals surface area contributed by atoms with Crippen molar-refractivity contribution in [2.75, 3.05) is 11.9 Å². The van der Waals surface area contributed by atoms with Gasteiger partial charge in [-0.05, 0) is 52.3 Å². The van der Waals surface area contributed by atoms with Gasteiger partial charge in [0.05, 0.1) is 16.1 Å². The molecule has 3 heterocycles. The molecule has 1 aliphatic heterocycles. The first-order valence-corrected chi connectivity index (χ1v) is 12.4. The van der Waals surface area contributed by atoms with Crippen molar-refractivity contribution in [3.63, 3.8) is 0 Å². The summed E-state index contributed by atoms with van der Waals surface area (Å²) in [6.07, 6.45) is -1.47. The summed E-state index contributed by atoms with van der Waals surface area (Å²) in [5.41, 5.74) is -0.450. The average molecular weight is 536 g/mol. The second-order valence-corrected chi connectivity index (χ2v) is 10.2. The van der Waals surface area contributed by atoms with Crippen LogP contribution >= 0.6 is 11.6 Å². The van der Waals surface area contributed by atoms with E-state index in [-0.39, 0.29) is 53.9 Å². The highest BCUT2D eigenvalue weighted by Gasteiger charge is 2.45. The van der Waals surface area contributed by atoms with Gasteiger partial charge >= 0.3 is 5.97 Å². The number of aliphatic carboxylic acids is 1. The number of aromatic nitrogens is 3. The number of carboxylic acids is 1. The van der Waals surface area contributed by atoms with Crippen LogP contribution in [0.2, 0.25) is 5.02 Å². The molecule has 1 saturated heterocycles. The number of benzene rings is 1. The number of H-pyrrole nitrogens is 1. The second kappa shape index (κ2) is 10.7. The molecule has 0 amide bonds. The fourth-order valence-corrected chi connectivity index (χ4v) is 5.13. The Hall–Kier alpha value is -3.11. The molecule has 4 rings (SSSR count). The number of anilines is 2. The average Bonchev–Trinajstić information content (AvgIpc) is 3.24. The number of alkyl halides is 1. The van der Waals surface area contributed by atoms with E-state index < -0.39 is 29.2 Å². The van der Waals surface area contributed by atoms with Crippen molar-refractivity contribution in [3.05, 3.63) is 69.5 Å². The molecule has 1 aliphatic rings. The second-order valence-electron chi connectivity index (χ2n) is 9.78. The molecule has 3 N–H and O–H groups in total. The number of pyridine rings is 1. The molecular formula is C26H29ClF3N5O2. The van der Waals surface area contributed by atoms with Crippen molar-refractivity contribution in [3.8, 4) is 0 Å². The summed E-state index contributed by atoms with van der Waals surface area (Å²) in [6.45, 7) is 5.49. The summed E-state index contributed by atoms with van der Waals surface area (Å²) >= 11 is 5.91. The van der Waals surface area contributed by atoms with Crippen LogP contribution in [-0.2, 0) is 17.8 Å². The number of hydrogen-bond donors (Lipinski definition) is 3. The summed E-state index contributed by atoms with van der Waals surface area (Å²) in [7, 11) is 0. The van der Waals surface area contributed by atoms with E-state index in [9.17, 15) is 18.7 Å². The Bertz CT molecular complexity index is 1300. The number of nitrogens with zero attached hydrogens (tertiary/aromatic N) is 3. The minimum atomic E-state index is -1.63. The van der Waals surface area contributed by atoms with E-state index in [1.165, 1.54) is 19.1 Å². The van der Waals surface area contributed by atoms with Gasteiger partial charge in [-0.1, -0.05) is 23.7 Å². The Labute approximate surface area is 218 Å². The third-order valence-corrected chi connectivity index (χ3v) is 7.29. The highest BCUT2D eigenvalue weighted by Crippen LogP contribution is 2.40. The highest BCUT2D eigenvalue weighted by molar-refractivity contribution is 6.30. The first kappa shape index (κ1) is 26.9. The maximum atomic E-state index is 15.4. The number of aromatic amines is 1. The van der Waals surface area contributed by atoms with Crippen molar-refractivity contribution >= 4 is 29.2 Å². The number of piperidine rings is 1. The first-order valence-electron chi connectivity index (χ1n) is 12.0. The van der Waals surface area contributed by atoms with Crippen LogP contribution < -0.4 is 5.32 Å². The van der Waals surface area contributed by atoms with Crippen LogP contribution in [0.3, 0.4) is 0 Å². The maximum Gasteiger partial charge on any atom is 0.310 e. The van der Waals surface area contributed by atoms with Crippen LogP contribution in [-0.4, -0.2) is 43.7 Å². The molecule has 11 heteroatoms. The SMILES string of the molecule is Cc1cc(Nc2cc([C@H](C)F)c(F)c(C[C@@]3(C(=O)O)CCN(Cc4cccc(Cl)c4F)[C@H](C)C3)n2)n[nH]1. The van der Waals surface area contributed by atoms with Crippen molar-refractivity contribution < 1.29 is 23.1 Å². The number of likely N-dealkylation sites (tertiary alicyclic amines) is 1. The van der Waals surface area contributed by atoms with Crippen LogP contribution in [0.5, 0.6) is 0 Å². The lowest BCUT2D eigenvalue weighted by molar-refractivity contribution is -0.153. The van der Waals surface area contributed by atoms with Crippen molar-refractivity contribution in [2.45, 2.75) is 58.8 Å². The predicted molar refractivity (Wildman–Crippen MR) is 135 cm³/mol. The molecule has 1 aromatic carbocycles. The molecule has 1 fully saturated rings. The minimum absolute atomic E-state index is 0.0278. The third-order valence-electron chi connectivity index (χ3n) is 7.00. The maximum absolute atomic E-state index is 15.4. The van der Waals surface area contributed by atoms with E-state index in [0.717, 1.165) is 5.69 Å². The quantitative estimate of drug-likeness (QED) is 0.322. The van der Waals surface area contributed by atoms with Crippen LogP contribution in [0, 0.1) is 24.0 Å². The van der Waals surface area contributed by atoms with Gasteiger partial charge in [0.2, 0.25) is 0 Å². The van der Waals surface area contributed by atoms with Crippen molar-refractivity contribution in [1.82, 2.24) is 20.1 Å². The molecule has 3 aromatic rings. The third kappa shape index (κ3) is 5.75. The van der Waals surface area contributed by atoms with Gasteiger partial charge in [-0.25, -0.2) is 18.2 Å². The lowest BCUT2D eigenvalue weighted by Crippen LogP contribution is -2.50. The Morgan fingerprint density at radius 3 is 2.70 bits per heavy atom. The van der Waals surface area contributed by atoms with Crippen molar-refractivity contribution in [2.24, 2.45) is 5.41 Å². The van der Waals surface area contributed by atoms with Crippen LogP contribution in [0.1, 0.15) is 55.4 Å². The van der Waals surface area contributed by atoms with E-state index in [0.29, 0.717) is 17.9 Å². The van der Waals surface area contributed by atoms with Gasteiger partial charge in [-0.15, -0.1) is 0 Å². The zero-order valence-electron chi connectivity index (χ0n) is 20.8. The van der Waals surface area contributed by atoms with Crippen LogP contribution in [0.15, 0.2) is 30.3 Å². The zero-order valence-corrected chi connectivity index (χ0v) is 21.5. The molecular weight excluding hydrogens is 507 g/mol. The fraction of sp³-hybridized carbons (Fsp3) is 0.423. The topological polar surface area (TPSA) is 94.1 Å². The van der Waals surface area contributed by atoms with E-state index in [1.807, 2.05) is 18.7 Å². The fourth-order valence-electron chi connectivity index (χ4n) is 4.94. The number of nitrogens with one attached hydrogen (secondary N) is 2. The minimum Gasteiger partial charge on any atom is -0.481 e. The van der Waals surface area contributed by atoms with Gasteiger partial charge in [0.1, 0.15) is 17.8 Å². The molecule has 0 saturated carbocycles. The van der Waals surface area contributed by atoms with Gasteiger partial charge in [-0.3, -0.25) is 14.8 Å². The molecule has 0 spiro atoms. The van der Waals surface area contributed by atoms with E-state index in [2.05, 4.69) is 20.5 Å². The van der Waals surface area contributed by atoms with E-state index in [1.54, 1.807) is 18.2 Å². The molecule has 0 bridgehead atoms. The first-order chi connectivity index (χ1) is 17.5. The molecule has 0 unspecified atom stereocenters. The summed E-state index contributed by atoms with van der Waals surface area (Å²) in [6, 6.07) is 7.51. The van der Waals surface area contributed by atoms with Gasteiger partial charge in [0.15, 0.2) is 11.6 Å². The number of carboxylic acid groups (broad SMARTS) is 1. The zero-order chi connectivity index (χ0) is 26.9. The summed E-state index contributed by atoms with van der Waals surface area (Å²) in [4.78, 5) is 18.9. The monoisotopic (exact) mass is 535 g/mol. The molecule has 2 aromatic heterocycles. The normalized spacial score (nSPS) is 21.1. The highest BCUT2D eigenvalue weighted by atomic mass is 35.5. The molecule has 0 aliphatic carbocycles. The smallest absolute Gasteiger partial charge is 0.310 e. The summed E-state index contributed by atoms with van der Waals surface area (Å²) in [5.74, 6) is -1.84. The Morgan fingerprint density at radius 1 is 1.32 bits per heavy atom. The number of carbonyl (C=O) groups is 1. The summed E-state index contributed by atoms with van der Waals surface area (Å²) in [5, 5.41) is 20.0. The lowest BCUT2D eigenvalue weighted by atomic mass is 9.72. The summed E-state index contributed by atoms with van der Waals surface area (Å²) < 4.78 is 44.1. The van der Waals surface area contributed by atoms with Crippen molar-refractivity contribution in [1.29, 1.82) is 0 Å². The Morgan fingerprint density at radius 2 is 2.08 bits per heavy atom. The number of hydrogen-bond acceptors (Lipinski definition) is 5.